The summed E-state index contributed by atoms with van der Waals surface area (Å²) in [6, 6.07) is 30.8. The van der Waals surface area contributed by atoms with E-state index < -0.39 is 43.4 Å². The zero-order chi connectivity index (χ0) is 39.1. The number of ether oxygens (including phenoxy) is 3. The molecule has 0 fully saturated rings. The van der Waals surface area contributed by atoms with Crippen LogP contribution in [0.1, 0.15) is 68.6 Å². The molecule has 0 amide bonds. The van der Waals surface area contributed by atoms with Gasteiger partial charge in [0.25, 0.3) is 0 Å². The van der Waals surface area contributed by atoms with Gasteiger partial charge in [0.05, 0.1) is 25.0 Å². The number of rotatable bonds is 10. The van der Waals surface area contributed by atoms with Crippen molar-refractivity contribution >= 4 is 12.2 Å². The molecule has 0 aliphatic carbocycles. The number of aliphatic hydroxyl groups excluding tert-OH is 2. The Labute approximate surface area is 321 Å². The second-order valence-electron chi connectivity index (χ2n) is 13.9. The molecule has 6 aromatic carbocycles. The molecule has 56 heavy (non-hydrogen) atoms. The average molecular weight is 755 g/mol. The van der Waals surface area contributed by atoms with E-state index in [1.807, 2.05) is 12.2 Å². The van der Waals surface area contributed by atoms with Crippen LogP contribution in [0.15, 0.2) is 115 Å². The fraction of sp³-hybridized carbons (Fsp3) is 0.156. The first-order valence-electron chi connectivity index (χ1n) is 17.9. The van der Waals surface area contributed by atoms with Crippen molar-refractivity contribution in [2.45, 2.75) is 30.1 Å². The smallest absolute Gasteiger partial charge is 0.145 e. The number of benzene rings is 6. The van der Waals surface area contributed by atoms with Gasteiger partial charge in [-0.2, -0.15) is 0 Å². The normalized spacial score (nSPS) is 18.4. The Kier molecular flexibility index (Phi) is 9.55. The molecule has 8 N–H and O–H groups in total. The molecule has 11 heteroatoms. The van der Waals surface area contributed by atoms with E-state index in [0.717, 1.165) is 11.1 Å². The van der Waals surface area contributed by atoms with Gasteiger partial charge in [0.2, 0.25) is 0 Å². The molecule has 0 bridgehead atoms. The van der Waals surface area contributed by atoms with Crippen LogP contribution < -0.4 is 14.2 Å². The number of aromatic hydroxyl groups is 6. The van der Waals surface area contributed by atoms with Gasteiger partial charge in [-0.15, -0.1) is 0 Å². The Bertz CT molecular complexity index is 2380. The molecule has 0 radical (unpaired) electrons. The molecule has 2 aliphatic heterocycles. The molecule has 11 nitrogen and oxygen atoms in total. The van der Waals surface area contributed by atoms with Crippen LogP contribution in [0.3, 0.4) is 0 Å². The van der Waals surface area contributed by atoms with Crippen LogP contribution in [0, 0.1) is 0 Å². The first kappa shape index (κ1) is 36.2. The molecule has 8 rings (SSSR count). The van der Waals surface area contributed by atoms with E-state index in [-0.39, 0.29) is 40.2 Å². The average Bonchev–Trinajstić information content (AvgIpc) is 3.75. The van der Waals surface area contributed by atoms with Gasteiger partial charge in [-0.3, -0.25) is 0 Å². The number of aliphatic hydroxyl groups is 2. The monoisotopic (exact) mass is 754 g/mol. The fourth-order valence-corrected chi connectivity index (χ4v) is 7.69. The Morgan fingerprint density at radius 3 is 1.41 bits per heavy atom. The molecule has 284 valence electrons. The summed E-state index contributed by atoms with van der Waals surface area (Å²) in [5.41, 5.74) is 5.43. The quantitative estimate of drug-likeness (QED) is 0.0653. The molecule has 2 aliphatic rings. The highest BCUT2D eigenvalue weighted by Crippen LogP contribution is 2.60. The maximum atomic E-state index is 11.1. The van der Waals surface area contributed by atoms with E-state index >= 15 is 0 Å². The second-order valence-corrected chi connectivity index (χ2v) is 13.9. The van der Waals surface area contributed by atoms with Crippen molar-refractivity contribution in [3.05, 3.63) is 160 Å². The molecule has 0 unspecified atom stereocenters. The highest BCUT2D eigenvalue weighted by Gasteiger charge is 2.46. The van der Waals surface area contributed by atoms with E-state index in [9.17, 15) is 40.9 Å². The lowest BCUT2D eigenvalue weighted by atomic mass is 9.77. The number of hydrogen-bond donors (Lipinski definition) is 8. The third-order valence-corrected chi connectivity index (χ3v) is 10.2. The van der Waals surface area contributed by atoms with Gasteiger partial charge >= 0.3 is 0 Å². The second kappa shape index (κ2) is 14.8. The van der Waals surface area contributed by atoms with Gasteiger partial charge < -0.3 is 55.1 Å². The molecule has 0 spiro atoms. The fourth-order valence-electron chi connectivity index (χ4n) is 7.69. The minimum absolute atomic E-state index is 0.0651. The van der Waals surface area contributed by atoms with Gasteiger partial charge in [0.15, 0.2) is 0 Å². The third-order valence-electron chi connectivity index (χ3n) is 10.2. The van der Waals surface area contributed by atoms with Gasteiger partial charge in [-0.1, -0.05) is 48.6 Å². The van der Waals surface area contributed by atoms with Crippen LogP contribution in [0.5, 0.6) is 51.7 Å². The minimum atomic E-state index is -0.940. The standard InChI is InChI=1S/C45H38O11/c46-22-36(23-47)54-35-18-28(17-34(53)20-35)41-43-37(14-3-24-1-8-29(48)9-2-24)42-38(21-39(43)56-45(41)26-6-12-31(50)13-7-26)55-44(25-4-10-30(49)11-5-25)40(42)27-15-32(51)19-33(52)16-27/h1-21,36,40-41,44-53H,22-23H2/t40-,41+,44+,45-/m0/s1. The maximum Gasteiger partial charge on any atom is 0.145 e. The van der Waals surface area contributed by atoms with Crippen molar-refractivity contribution in [1.29, 1.82) is 0 Å². The van der Waals surface area contributed by atoms with Gasteiger partial charge in [0.1, 0.15) is 70.1 Å². The molecule has 2 heterocycles. The van der Waals surface area contributed by atoms with E-state index in [1.165, 1.54) is 12.1 Å². The topological polar surface area (TPSA) is 190 Å². The Balaban J connectivity index is 1.40. The number of hydrogen-bond acceptors (Lipinski definition) is 11. The lowest BCUT2D eigenvalue weighted by Gasteiger charge is -2.24. The predicted molar refractivity (Wildman–Crippen MR) is 207 cm³/mol. The Hall–Kier alpha value is -6.82. The van der Waals surface area contributed by atoms with Crippen LogP contribution in [-0.4, -0.2) is 60.2 Å². The Morgan fingerprint density at radius 1 is 0.482 bits per heavy atom. The van der Waals surface area contributed by atoms with Gasteiger partial charge in [0, 0.05) is 29.3 Å². The first-order chi connectivity index (χ1) is 27.1. The van der Waals surface area contributed by atoms with Crippen LogP contribution >= 0.6 is 0 Å². The van der Waals surface area contributed by atoms with Crippen molar-refractivity contribution < 1.29 is 55.1 Å². The molecule has 0 aromatic heterocycles. The van der Waals surface area contributed by atoms with E-state index in [0.29, 0.717) is 44.9 Å². The van der Waals surface area contributed by atoms with Crippen molar-refractivity contribution in [1.82, 2.24) is 0 Å². The van der Waals surface area contributed by atoms with Gasteiger partial charge in [-0.05, 0) is 94.0 Å². The van der Waals surface area contributed by atoms with Crippen molar-refractivity contribution in [2.24, 2.45) is 0 Å². The van der Waals surface area contributed by atoms with Crippen LogP contribution in [0.2, 0.25) is 0 Å². The van der Waals surface area contributed by atoms with Gasteiger partial charge in [-0.25, -0.2) is 0 Å². The predicted octanol–water partition coefficient (Wildman–Crippen LogP) is 7.35. The van der Waals surface area contributed by atoms with Crippen LogP contribution in [0.25, 0.3) is 12.2 Å². The molecule has 0 saturated carbocycles. The highest BCUT2D eigenvalue weighted by molar-refractivity contribution is 5.80. The summed E-state index contributed by atoms with van der Waals surface area (Å²) in [5, 5.41) is 82.5. The van der Waals surface area contributed by atoms with Crippen molar-refractivity contribution in [2.75, 3.05) is 13.2 Å². The lowest BCUT2D eigenvalue weighted by Crippen LogP contribution is -2.25. The summed E-state index contributed by atoms with van der Waals surface area (Å²) in [4.78, 5) is 0. The maximum absolute atomic E-state index is 11.1. The zero-order valence-corrected chi connectivity index (χ0v) is 29.7. The largest absolute Gasteiger partial charge is 0.508 e. The van der Waals surface area contributed by atoms with E-state index in [1.54, 1.807) is 103 Å². The van der Waals surface area contributed by atoms with Crippen molar-refractivity contribution in [3.63, 3.8) is 0 Å². The van der Waals surface area contributed by atoms with E-state index in [2.05, 4.69) is 0 Å². The SMILES string of the molecule is OCC(CO)Oc1cc(O)cc([C@@H]2c3c(cc4c(c3C=Cc3ccc(O)cc3)[C@H](c3cc(O)cc(O)c3)[C@@H](c3ccc(O)cc3)O4)O[C@H]2c2ccc(O)cc2)c1. The summed E-state index contributed by atoms with van der Waals surface area (Å²) in [7, 11) is 0. The first-order valence-corrected chi connectivity index (χ1v) is 17.9. The van der Waals surface area contributed by atoms with Crippen molar-refractivity contribution in [3.8, 4) is 51.7 Å². The molecule has 0 saturated heterocycles. The lowest BCUT2D eigenvalue weighted by molar-refractivity contribution is 0.0627. The third kappa shape index (κ3) is 6.97. The molecular weight excluding hydrogens is 716 g/mol. The molecular formula is C45H38O11. The summed E-state index contributed by atoms with van der Waals surface area (Å²) < 4.78 is 19.5. The number of phenolic OH excluding ortho intramolecular Hbond substituents is 6. The summed E-state index contributed by atoms with van der Waals surface area (Å²) in [5.74, 6) is -0.296. The van der Waals surface area contributed by atoms with E-state index in [4.69, 9.17) is 14.2 Å². The zero-order valence-electron chi connectivity index (χ0n) is 29.7. The number of phenols is 6. The Morgan fingerprint density at radius 2 is 0.929 bits per heavy atom. The summed E-state index contributed by atoms with van der Waals surface area (Å²) in [6.07, 6.45) is 1.48. The van der Waals surface area contributed by atoms with Crippen LogP contribution in [-0.2, 0) is 0 Å². The highest BCUT2D eigenvalue weighted by atomic mass is 16.5. The number of fused-ring (bicyclic) bond motifs is 2. The molecule has 6 aromatic rings. The minimum Gasteiger partial charge on any atom is -0.508 e. The summed E-state index contributed by atoms with van der Waals surface area (Å²) in [6.45, 7) is -0.918. The molecule has 4 atom stereocenters. The summed E-state index contributed by atoms with van der Waals surface area (Å²) >= 11 is 0. The van der Waals surface area contributed by atoms with Crippen LogP contribution in [0.4, 0.5) is 0 Å².